The van der Waals surface area contributed by atoms with E-state index in [9.17, 15) is 18.0 Å². The maximum atomic E-state index is 12.8. The molecule has 5 heteroatoms. The summed E-state index contributed by atoms with van der Waals surface area (Å²) in [4.78, 5) is 11.0. The fourth-order valence-corrected chi connectivity index (χ4v) is 1.26. The van der Waals surface area contributed by atoms with Crippen LogP contribution < -0.4 is 0 Å². The van der Waals surface area contributed by atoms with Crippen LogP contribution in [-0.4, -0.2) is 12.9 Å². The third kappa shape index (κ3) is 2.36. The van der Waals surface area contributed by atoms with Crippen molar-refractivity contribution in [3.8, 4) is 0 Å². The zero-order valence-corrected chi connectivity index (χ0v) is 8.18. The molecule has 0 N–H and O–H groups in total. The van der Waals surface area contributed by atoms with Gasteiger partial charge in [-0.25, -0.2) is 13.2 Å². The van der Waals surface area contributed by atoms with Gasteiger partial charge in [-0.3, -0.25) is 4.79 Å². The predicted molar refractivity (Wildman–Crippen MR) is 46.7 cm³/mol. The largest absolute Gasteiger partial charge is 0.369 e. The van der Waals surface area contributed by atoms with Gasteiger partial charge in [-0.15, -0.1) is 0 Å². The van der Waals surface area contributed by atoms with Crippen LogP contribution in [-0.2, 0) is 9.53 Å². The van der Waals surface area contributed by atoms with Crippen molar-refractivity contribution >= 4 is 5.78 Å². The van der Waals surface area contributed by atoms with Crippen molar-refractivity contribution in [1.29, 1.82) is 0 Å². The van der Waals surface area contributed by atoms with Crippen molar-refractivity contribution in [1.82, 2.24) is 0 Å². The maximum absolute atomic E-state index is 12.8. The Morgan fingerprint density at radius 3 is 2.07 bits per heavy atom. The van der Waals surface area contributed by atoms with Crippen LogP contribution in [0.2, 0.25) is 0 Å². The number of methoxy groups -OCH3 is 1. The van der Waals surface area contributed by atoms with E-state index >= 15 is 0 Å². The van der Waals surface area contributed by atoms with Crippen LogP contribution in [0.1, 0.15) is 18.6 Å². The third-order valence-corrected chi connectivity index (χ3v) is 1.91. The number of carbonyl (C=O) groups is 1. The molecule has 0 heterocycles. The van der Waals surface area contributed by atoms with Crippen molar-refractivity contribution in [3.63, 3.8) is 0 Å². The van der Waals surface area contributed by atoms with Crippen molar-refractivity contribution in [2.24, 2.45) is 0 Å². The highest BCUT2D eigenvalue weighted by atomic mass is 19.2. The maximum Gasteiger partial charge on any atom is 0.194 e. The lowest BCUT2D eigenvalue weighted by Gasteiger charge is -2.12. The standard InChI is InChI=1S/C10H9F3O2/c1-5(14)10(15-2)6-3-7(11)9(13)8(12)4-6/h3-4,10H,1-2H3. The van der Waals surface area contributed by atoms with E-state index in [1.165, 1.54) is 14.0 Å². The molecular weight excluding hydrogens is 209 g/mol. The molecule has 1 rings (SSSR count). The zero-order valence-electron chi connectivity index (χ0n) is 8.18. The van der Waals surface area contributed by atoms with Crippen LogP contribution >= 0.6 is 0 Å². The SMILES string of the molecule is COC(C(C)=O)c1cc(F)c(F)c(F)c1. The molecule has 2 nitrogen and oxygen atoms in total. The van der Waals surface area contributed by atoms with E-state index in [2.05, 4.69) is 0 Å². The van der Waals surface area contributed by atoms with E-state index in [1.54, 1.807) is 0 Å². The van der Waals surface area contributed by atoms with Crippen molar-refractivity contribution in [3.05, 3.63) is 35.1 Å². The molecule has 0 aliphatic carbocycles. The molecule has 0 saturated heterocycles. The molecule has 1 aromatic rings. The number of carbonyl (C=O) groups excluding carboxylic acids is 1. The molecule has 0 amide bonds. The zero-order chi connectivity index (χ0) is 11.6. The number of ether oxygens (including phenoxy) is 1. The van der Waals surface area contributed by atoms with Crippen LogP contribution in [0.15, 0.2) is 12.1 Å². The molecule has 1 aromatic carbocycles. The van der Waals surface area contributed by atoms with E-state index in [-0.39, 0.29) is 5.56 Å². The summed E-state index contributed by atoms with van der Waals surface area (Å²) in [7, 11) is 1.23. The summed E-state index contributed by atoms with van der Waals surface area (Å²) in [5.41, 5.74) is -0.0404. The summed E-state index contributed by atoms with van der Waals surface area (Å²) in [6.07, 6.45) is -1.07. The van der Waals surface area contributed by atoms with Crippen LogP contribution in [0.25, 0.3) is 0 Å². The molecule has 1 atom stereocenters. The van der Waals surface area contributed by atoms with E-state index in [0.29, 0.717) is 0 Å². The topological polar surface area (TPSA) is 26.3 Å². The molecule has 15 heavy (non-hydrogen) atoms. The van der Waals surface area contributed by atoms with Crippen LogP contribution in [0.3, 0.4) is 0 Å². The van der Waals surface area contributed by atoms with Crippen LogP contribution in [0.5, 0.6) is 0 Å². The number of Topliss-reactive ketones (excluding diaryl/α,β-unsaturated/α-hetero) is 1. The Kier molecular flexibility index (Phi) is 3.47. The second-order valence-electron chi connectivity index (χ2n) is 3.02. The van der Waals surface area contributed by atoms with Gasteiger partial charge in [0.15, 0.2) is 23.2 Å². The second-order valence-corrected chi connectivity index (χ2v) is 3.02. The highest BCUT2D eigenvalue weighted by molar-refractivity contribution is 5.81. The Morgan fingerprint density at radius 2 is 1.73 bits per heavy atom. The fraction of sp³-hybridized carbons (Fsp3) is 0.300. The lowest BCUT2D eigenvalue weighted by molar-refractivity contribution is -0.126. The Hall–Kier alpha value is -1.36. The number of halogens is 3. The van der Waals surface area contributed by atoms with E-state index in [1.807, 2.05) is 0 Å². The summed E-state index contributed by atoms with van der Waals surface area (Å²) in [5, 5.41) is 0. The molecule has 0 radical (unpaired) electrons. The van der Waals surface area contributed by atoms with Crippen molar-refractivity contribution < 1.29 is 22.7 Å². The van der Waals surface area contributed by atoms with Gasteiger partial charge in [0.2, 0.25) is 0 Å². The lowest BCUT2D eigenvalue weighted by Crippen LogP contribution is -2.12. The van der Waals surface area contributed by atoms with E-state index in [0.717, 1.165) is 12.1 Å². The van der Waals surface area contributed by atoms with E-state index < -0.39 is 29.3 Å². The minimum absolute atomic E-state index is 0.0404. The normalized spacial score (nSPS) is 12.6. The summed E-state index contributed by atoms with van der Waals surface area (Å²) in [5.74, 6) is -4.65. The van der Waals surface area contributed by atoms with Crippen molar-refractivity contribution in [2.75, 3.05) is 7.11 Å². The average molecular weight is 218 g/mol. The van der Waals surface area contributed by atoms with Gasteiger partial charge >= 0.3 is 0 Å². The summed E-state index contributed by atoms with van der Waals surface area (Å²) >= 11 is 0. The Labute approximate surface area is 84.7 Å². The number of ketones is 1. The Balaban J connectivity index is 3.20. The minimum Gasteiger partial charge on any atom is -0.369 e. The Bertz CT molecular complexity index is 367. The molecule has 0 saturated carbocycles. The lowest BCUT2D eigenvalue weighted by atomic mass is 10.1. The van der Waals surface area contributed by atoms with Gasteiger partial charge in [0.05, 0.1) is 0 Å². The van der Waals surface area contributed by atoms with Gasteiger partial charge in [-0.2, -0.15) is 0 Å². The molecule has 0 spiro atoms. The smallest absolute Gasteiger partial charge is 0.194 e. The molecular formula is C10H9F3O2. The first-order valence-corrected chi connectivity index (χ1v) is 4.15. The number of hydrogen-bond donors (Lipinski definition) is 0. The van der Waals surface area contributed by atoms with Gasteiger partial charge in [0.25, 0.3) is 0 Å². The first kappa shape index (κ1) is 11.7. The quantitative estimate of drug-likeness (QED) is 0.728. The molecule has 0 aliphatic rings. The molecule has 0 aromatic heterocycles. The minimum atomic E-state index is -1.56. The fourth-order valence-electron chi connectivity index (χ4n) is 1.26. The second kappa shape index (κ2) is 4.44. The van der Waals surface area contributed by atoms with Crippen LogP contribution in [0.4, 0.5) is 13.2 Å². The van der Waals surface area contributed by atoms with Gasteiger partial charge in [0, 0.05) is 7.11 Å². The third-order valence-electron chi connectivity index (χ3n) is 1.91. The molecule has 0 fully saturated rings. The predicted octanol–water partition coefficient (Wildman–Crippen LogP) is 2.38. The Morgan fingerprint density at radius 1 is 1.27 bits per heavy atom. The first-order chi connectivity index (χ1) is 6.97. The van der Waals surface area contributed by atoms with Gasteiger partial charge in [-0.05, 0) is 24.6 Å². The van der Waals surface area contributed by atoms with Crippen LogP contribution in [0, 0.1) is 17.5 Å². The monoisotopic (exact) mass is 218 g/mol. The average Bonchev–Trinajstić information content (AvgIpc) is 2.14. The highest BCUT2D eigenvalue weighted by Gasteiger charge is 2.20. The number of benzene rings is 1. The van der Waals surface area contributed by atoms with Gasteiger partial charge < -0.3 is 4.74 Å². The first-order valence-electron chi connectivity index (χ1n) is 4.15. The molecule has 0 bridgehead atoms. The van der Waals surface area contributed by atoms with Crippen molar-refractivity contribution in [2.45, 2.75) is 13.0 Å². The molecule has 1 unspecified atom stereocenters. The molecule has 82 valence electrons. The number of rotatable bonds is 3. The summed E-state index contributed by atoms with van der Waals surface area (Å²) < 4.78 is 43.0. The highest BCUT2D eigenvalue weighted by Crippen LogP contribution is 2.22. The van der Waals surface area contributed by atoms with Gasteiger partial charge in [-0.1, -0.05) is 0 Å². The summed E-state index contributed by atoms with van der Waals surface area (Å²) in [6, 6.07) is 1.49. The summed E-state index contributed by atoms with van der Waals surface area (Å²) in [6.45, 7) is 1.22. The van der Waals surface area contributed by atoms with E-state index in [4.69, 9.17) is 4.74 Å². The number of hydrogen-bond acceptors (Lipinski definition) is 2. The molecule has 0 aliphatic heterocycles. The van der Waals surface area contributed by atoms with Gasteiger partial charge in [0.1, 0.15) is 6.10 Å².